The van der Waals surface area contributed by atoms with Crippen LogP contribution >= 0.6 is 0 Å². The topological polar surface area (TPSA) is 80.7 Å². The van der Waals surface area contributed by atoms with Crippen LogP contribution in [0.15, 0.2) is 42.6 Å². The van der Waals surface area contributed by atoms with Gasteiger partial charge in [0.25, 0.3) is 5.91 Å². The lowest BCUT2D eigenvalue weighted by molar-refractivity contribution is 0.0910. The molecule has 0 spiro atoms. The van der Waals surface area contributed by atoms with E-state index in [9.17, 15) is 9.90 Å². The minimum Gasteiger partial charge on any atom is -0.493 e. The molecule has 0 unspecified atom stereocenters. The number of benzene rings is 1. The third-order valence-corrected chi connectivity index (χ3v) is 3.13. The van der Waals surface area contributed by atoms with E-state index in [1.165, 1.54) is 14.2 Å². The second-order valence-corrected chi connectivity index (χ2v) is 4.52. The Kier molecular flexibility index (Phi) is 5.32. The number of nitrogens with one attached hydrogen (secondary N) is 1. The number of amides is 1. The smallest absolute Gasteiger partial charge is 0.255 e. The van der Waals surface area contributed by atoms with Gasteiger partial charge in [-0.1, -0.05) is 12.1 Å². The predicted molar refractivity (Wildman–Crippen MR) is 81.1 cm³/mol. The number of carbonyl (C=O) groups excluding carboxylic acids is 1. The highest BCUT2D eigenvalue weighted by Gasteiger charge is 2.17. The molecule has 2 rings (SSSR count). The van der Waals surface area contributed by atoms with E-state index in [4.69, 9.17) is 9.47 Å². The molecule has 0 aliphatic rings. The zero-order chi connectivity index (χ0) is 15.9. The number of aromatic nitrogens is 1. The van der Waals surface area contributed by atoms with Crippen LogP contribution in [-0.2, 0) is 0 Å². The first-order chi connectivity index (χ1) is 10.7. The number of methoxy groups -OCH3 is 2. The average molecular weight is 302 g/mol. The number of aliphatic hydroxyl groups is 1. The third kappa shape index (κ3) is 3.53. The van der Waals surface area contributed by atoms with Crippen molar-refractivity contribution in [2.45, 2.75) is 6.10 Å². The molecule has 0 radical (unpaired) electrons. The quantitative estimate of drug-likeness (QED) is 0.846. The minimum absolute atomic E-state index is 0.0518. The number of nitrogens with zero attached hydrogens (tertiary/aromatic N) is 1. The number of hydrogen-bond donors (Lipinski definition) is 2. The van der Waals surface area contributed by atoms with Gasteiger partial charge in [0.1, 0.15) is 6.10 Å². The molecular formula is C16H18N2O4. The molecule has 0 aliphatic carbocycles. The molecule has 0 saturated carbocycles. The summed E-state index contributed by atoms with van der Waals surface area (Å²) in [5.74, 6) is 0.473. The highest BCUT2D eigenvalue weighted by molar-refractivity contribution is 5.97. The van der Waals surface area contributed by atoms with Crippen molar-refractivity contribution in [1.29, 1.82) is 0 Å². The summed E-state index contributed by atoms with van der Waals surface area (Å²) in [4.78, 5) is 16.3. The predicted octanol–water partition coefficient (Wildman–Crippen LogP) is 1.56. The zero-order valence-electron chi connectivity index (χ0n) is 12.4. The van der Waals surface area contributed by atoms with Crippen molar-refractivity contribution in [3.8, 4) is 11.5 Å². The molecule has 2 aromatic rings. The summed E-state index contributed by atoms with van der Waals surface area (Å²) in [6, 6.07) is 10.3. The Balaban J connectivity index is 2.07. The molecule has 0 bridgehead atoms. The number of para-hydroxylation sites is 1. The maximum absolute atomic E-state index is 12.3. The van der Waals surface area contributed by atoms with Crippen molar-refractivity contribution in [3.63, 3.8) is 0 Å². The highest BCUT2D eigenvalue weighted by Crippen LogP contribution is 2.30. The molecule has 6 nitrogen and oxygen atoms in total. The van der Waals surface area contributed by atoms with Crippen LogP contribution in [-0.4, -0.2) is 36.8 Å². The fourth-order valence-electron chi connectivity index (χ4n) is 2.03. The number of hydrogen-bond acceptors (Lipinski definition) is 5. The van der Waals surface area contributed by atoms with Gasteiger partial charge in [-0.2, -0.15) is 0 Å². The van der Waals surface area contributed by atoms with Crippen LogP contribution in [0.1, 0.15) is 22.2 Å². The summed E-state index contributed by atoms with van der Waals surface area (Å²) in [5.41, 5.74) is 0.843. The third-order valence-electron chi connectivity index (χ3n) is 3.13. The summed E-state index contributed by atoms with van der Waals surface area (Å²) in [7, 11) is 2.97. The largest absolute Gasteiger partial charge is 0.493 e. The molecular weight excluding hydrogens is 284 g/mol. The molecule has 2 N–H and O–H groups in total. The van der Waals surface area contributed by atoms with Gasteiger partial charge in [-0.15, -0.1) is 0 Å². The Hall–Kier alpha value is -2.60. The average Bonchev–Trinajstić information content (AvgIpc) is 2.59. The van der Waals surface area contributed by atoms with E-state index in [0.717, 1.165) is 0 Å². The second kappa shape index (κ2) is 7.42. The van der Waals surface area contributed by atoms with Gasteiger partial charge in [0.2, 0.25) is 0 Å². The lowest BCUT2D eigenvalue weighted by atomic mass is 10.1. The molecule has 116 valence electrons. The Morgan fingerprint density at radius 2 is 2.05 bits per heavy atom. The first-order valence-corrected chi connectivity index (χ1v) is 6.75. The maximum atomic E-state index is 12.3. The zero-order valence-corrected chi connectivity index (χ0v) is 12.4. The molecule has 1 aromatic heterocycles. The SMILES string of the molecule is COc1cccc(C(=O)NC[C@H](O)c2ccccn2)c1OC. The van der Waals surface area contributed by atoms with Crippen molar-refractivity contribution in [2.75, 3.05) is 20.8 Å². The Morgan fingerprint density at radius 3 is 2.68 bits per heavy atom. The van der Waals surface area contributed by atoms with Gasteiger partial charge < -0.3 is 19.9 Å². The van der Waals surface area contributed by atoms with Crippen LogP contribution in [0.25, 0.3) is 0 Å². The Bertz CT molecular complexity index is 631. The molecule has 0 fully saturated rings. The normalized spacial score (nSPS) is 11.6. The molecule has 22 heavy (non-hydrogen) atoms. The van der Waals surface area contributed by atoms with E-state index in [-0.39, 0.29) is 12.5 Å². The van der Waals surface area contributed by atoms with Crippen LogP contribution in [0.3, 0.4) is 0 Å². The van der Waals surface area contributed by atoms with Gasteiger partial charge in [-0.25, -0.2) is 0 Å². The van der Waals surface area contributed by atoms with Crippen LogP contribution in [0, 0.1) is 0 Å². The maximum Gasteiger partial charge on any atom is 0.255 e. The molecule has 1 aromatic carbocycles. The minimum atomic E-state index is -0.873. The second-order valence-electron chi connectivity index (χ2n) is 4.52. The molecule has 1 amide bonds. The molecule has 0 aliphatic heterocycles. The van der Waals surface area contributed by atoms with Crippen molar-refractivity contribution in [1.82, 2.24) is 10.3 Å². The van der Waals surface area contributed by atoms with Gasteiger partial charge in [0, 0.05) is 12.7 Å². The lowest BCUT2D eigenvalue weighted by Crippen LogP contribution is -2.29. The van der Waals surface area contributed by atoms with E-state index in [1.807, 2.05) is 0 Å². The number of pyridine rings is 1. The van der Waals surface area contributed by atoms with Gasteiger partial charge in [0.15, 0.2) is 11.5 Å². The van der Waals surface area contributed by atoms with Crippen LogP contribution < -0.4 is 14.8 Å². The standard InChI is InChI=1S/C16H18N2O4/c1-21-14-8-5-6-11(15(14)22-2)16(20)18-10-13(19)12-7-3-4-9-17-12/h3-9,13,19H,10H2,1-2H3,(H,18,20)/t13-/m0/s1. The molecule has 0 saturated heterocycles. The van der Waals surface area contributed by atoms with Crippen LogP contribution in [0.2, 0.25) is 0 Å². The summed E-state index contributed by atoms with van der Waals surface area (Å²) in [5, 5.41) is 12.7. The van der Waals surface area contributed by atoms with Gasteiger partial charge in [0.05, 0.1) is 25.5 Å². The van der Waals surface area contributed by atoms with E-state index >= 15 is 0 Å². The fourth-order valence-corrected chi connectivity index (χ4v) is 2.03. The summed E-state index contributed by atoms with van der Waals surface area (Å²) in [6.07, 6.45) is 0.715. The van der Waals surface area contributed by atoms with Crippen molar-refractivity contribution in [2.24, 2.45) is 0 Å². The summed E-state index contributed by atoms with van der Waals surface area (Å²) in [6.45, 7) is 0.0518. The monoisotopic (exact) mass is 302 g/mol. The van der Waals surface area contributed by atoms with E-state index in [1.54, 1.807) is 42.6 Å². The summed E-state index contributed by atoms with van der Waals surface area (Å²) < 4.78 is 10.4. The highest BCUT2D eigenvalue weighted by atomic mass is 16.5. The number of rotatable bonds is 6. The lowest BCUT2D eigenvalue weighted by Gasteiger charge is -2.14. The van der Waals surface area contributed by atoms with Gasteiger partial charge in [-0.3, -0.25) is 9.78 Å². The van der Waals surface area contributed by atoms with Gasteiger partial charge >= 0.3 is 0 Å². The molecule has 6 heteroatoms. The van der Waals surface area contributed by atoms with Crippen molar-refractivity contribution < 1.29 is 19.4 Å². The first-order valence-electron chi connectivity index (χ1n) is 6.75. The fraction of sp³-hybridized carbons (Fsp3) is 0.250. The first kappa shape index (κ1) is 15.8. The summed E-state index contributed by atoms with van der Waals surface area (Å²) >= 11 is 0. The number of ether oxygens (including phenoxy) is 2. The Labute approximate surface area is 128 Å². The Morgan fingerprint density at radius 1 is 1.23 bits per heavy atom. The van der Waals surface area contributed by atoms with Crippen LogP contribution in [0.5, 0.6) is 11.5 Å². The van der Waals surface area contributed by atoms with E-state index in [2.05, 4.69) is 10.3 Å². The molecule has 1 heterocycles. The van der Waals surface area contributed by atoms with Crippen molar-refractivity contribution >= 4 is 5.91 Å². The molecule has 1 atom stereocenters. The van der Waals surface area contributed by atoms with Gasteiger partial charge in [-0.05, 0) is 24.3 Å². The number of carbonyl (C=O) groups is 1. The number of aliphatic hydroxyl groups excluding tert-OH is 1. The van der Waals surface area contributed by atoms with E-state index < -0.39 is 6.10 Å². The van der Waals surface area contributed by atoms with E-state index in [0.29, 0.717) is 22.8 Å². The van der Waals surface area contributed by atoms with Crippen molar-refractivity contribution in [3.05, 3.63) is 53.9 Å². The van der Waals surface area contributed by atoms with Crippen LogP contribution in [0.4, 0.5) is 0 Å².